The van der Waals surface area contributed by atoms with Gasteiger partial charge >= 0.3 is 0 Å². The first-order valence-corrected chi connectivity index (χ1v) is 10.6. The van der Waals surface area contributed by atoms with Crippen molar-refractivity contribution in [2.75, 3.05) is 36.5 Å². The minimum Gasteiger partial charge on any atom is -0.376 e. The van der Waals surface area contributed by atoms with E-state index in [1.165, 1.54) is 0 Å². The van der Waals surface area contributed by atoms with E-state index in [-0.39, 0.29) is 18.2 Å². The summed E-state index contributed by atoms with van der Waals surface area (Å²) in [6.07, 6.45) is 6.03. The quantitative estimate of drug-likeness (QED) is 0.842. The Kier molecular flexibility index (Phi) is 5.85. The van der Waals surface area contributed by atoms with Gasteiger partial charge < -0.3 is 19.7 Å². The molecular weight excluding hydrogens is 362 g/mol. The fourth-order valence-electron chi connectivity index (χ4n) is 3.76. The van der Waals surface area contributed by atoms with Gasteiger partial charge in [0, 0.05) is 30.9 Å². The summed E-state index contributed by atoms with van der Waals surface area (Å²) in [6.45, 7) is 7.43. The van der Waals surface area contributed by atoms with E-state index < -0.39 is 0 Å². The lowest BCUT2D eigenvalue weighted by atomic mass is 9.94. The van der Waals surface area contributed by atoms with Crippen molar-refractivity contribution in [1.29, 1.82) is 0 Å². The monoisotopic (exact) mass is 389 g/mol. The molecule has 2 aromatic rings. The summed E-state index contributed by atoms with van der Waals surface area (Å²) in [5.74, 6) is 2.07. The molecule has 2 aromatic heterocycles. The molecule has 4 heterocycles. The Morgan fingerprint density at radius 1 is 1.22 bits per heavy atom. The summed E-state index contributed by atoms with van der Waals surface area (Å²) in [5, 5.41) is 6.58. The molecule has 2 aliphatic heterocycles. The van der Waals surface area contributed by atoms with Gasteiger partial charge in [0.1, 0.15) is 16.9 Å². The second-order valence-corrected chi connectivity index (χ2v) is 8.32. The van der Waals surface area contributed by atoms with Crippen LogP contribution in [0.5, 0.6) is 0 Å². The predicted molar refractivity (Wildman–Crippen MR) is 106 cm³/mol. The topological polar surface area (TPSA) is 72.4 Å². The van der Waals surface area contributed by atoms with E-state index >= 15 is 0 Å². The summed E-state index contributed by atoms with van der Waals surface area (Å²) < 4.78 is 11.9. The van der Waals surface area contributed by atoms with Gasteiger partial charge in [0.15, 0.2) is 0 Å². The van der Waals surface area contributed by atoms with Crippen LogP contribution >= 0.6 is 11.3 Å². The zero-order valence-corrected chi connectivity index (χ0v) is 16.7. The third kappa shape index (κ3) is 4.39. The number of thiazole rings is 1. The number of aromatic nitrogens is 3. The molecule has 7 nitrogen and oxygen atoms in total. The Labute approximate surface area is 164 Å². The van der Waals surface area contributed by atoms with Crippen LogP contribution in [0.25, 0.3) is 0 Å². The van der Waals surface area contributed by atoms with Crippen LogP contribution in [0.3, 0.4) is 0 Å². The lowest BCUT2D eigenvalue weighted by Gasteiger charge is -2.35. The molecule has 0 radical (unpaired) electrons. The van der Waals surface area contributed by atoms with Crippen molar-refractivity contribution < 1.29 is 9.47 Å². The number of morpholine rings is 1. The molecule has 3 atom stereocenters. The highest BCUT2D eigenvalue weighted by molar-refractivity contribution is 7.09. The molecule has 0 aliphatic carbocycles. The first-order chi connectivity index (χ1) is 13.2. The predicted octanol–water partition coefficient (Wildman–Crippen LogP) is 3.13. The third-order valence-corrected chi connectivity index (χ3v) is 5.94. The van der Waals surface area contributed by atoms with Gasteiger partial charge in [0.05, 0.1) is 25.3 Å². The first kappa shape index (κ1) is 18.6. The number of anilines is 2. The van der Waals surface area contributed by atoms with Gasteiger partial charge in [0.2, 0.25) is 5.95 Å². The van der Waals surface area contributed by atoms with Gasteiger partial charge in [-0.1, -0.05) is 13.8 Å². The van der Waals surface area contributed by atoms with E-state index in [0.29, 0.717) is 12.5 Å². The van der Waals surface area contributed by atoms with Gasteiger partial charge in [-0.15, -0.1) is 11.3 Å². The average molecular weight is 390 g/mol. The molecule has 146 valence electrons. The van der Waals surface area contributed by atoms with Gasteiger partial charge in [-0.3, -0.25) is 0 Å². The Morgan fingerprint density at radius 2 is 2.15 bits per heavy atom. The summed E-state index contributed by atoms with van der Waals surface area (Å²) >= 11 is 1.63. The second-order valence-electron chi connectivity index (χ2n) is 7.39. The molecule has 4 rings (SSSR count). The average Bonchev–Trinajstić information content (AvgIpc) is 3.23. The highest BCUT2D eigenvalue weighted by Crippen LogP contribution is 2.27. The molecule has 27 heavy (non-hydrogen) atoms. The maximum absolute atomic E-state index is 5.99. The van der Waals surface area contributed by atoms with Gasteiger partial charge in [0.25, 0.3) is 0 Å². The van der Waals surface area contributed by atoms with Crippen molar-refractivity contribution >= 4 is 23.1 Å². The van der Waals surface area contributed by atoms with Gasteiger partial charge in [-0.25, -0.2) is 9.97 Å². The normalized spacial score (nSPS) is 26.3. The highest BCUT2D eigenvalue weighted by atomic mass is 32.1. The first-order valence-electron chi connectivity index (χ1n) is 9.68. The second kappa shape index (κ2) is 8.50. The number of hydrogen-bond acceptors (Lipinski definition) is 8. The van der Waals surface area contributed by atoms with Crippen molar-refractivity contribution in [1.82, 2.24) is 15.0 Å². The molecular formula is C19H27N5O2S. The Hall–Kier alpha value is -1.77. The van der Waals surface area contributed by atoms with Crippen LogP contribution in [0.4, 0.5) is 11.8 Å². The summed E-state index contributed by atoms with van der Waals surface area (Å²) in [4.78, 5) is 15.8. The van der Waals surface area contributed by atoms with E-state index in [1.807, 2.05) is 23.8 Å². The van der Waals surface area contributed by atoms with E-state index in [0.717, 1.165) is 49.3 Å². The maximum atomic E-state index is 5.99. The van der Waals surface area contributed by atoms with Crippen molar-refractivity contribution in [3.8, 4) is 0 Å². The van der Waals surface area contributed by atoms with Crippen molar-refractivity contribution in [3.05, 3.63) is 28.8 Å². The Bertz CT molecular complexity index is 727. The number of nitrogens with zero attached hydrogens (tertiary/aromatic N) is 4. The third-order valence-electron chi connectivity index (χ3n) is 5.08. The fraction of sp³-hybridized carbons (Fsp3) is 0.632. The Balaban J connectivity index is 1.45. The van der Waals surface area contributed by atoms with Crippen molar-refractivity contribution in [2.24, 2.45) is 5.92 Å². The Morgan fingerprint density at radius 3 is 2.96 bits per heavy atom. The molecule has 0 amide bonds. The molecule has 0 bridgehead atoms. The lowest BCUT2D eigenvalue weighted by Crippen LogP contribution is -2.43. The van der Waals surface area contributed by atoms with Crippen LogP contribution in [-0.4, -0.2) is 53.4 Å². The van der Waals surface area contributed by atoms with Crippen molar-refractivity contribution in [3.63, 3.8) is 0 Å². The van der Waals surface area contributed by atoms with Gasteiger partial charge in [-0.05, 0) is 24.8 Å². The van der Waals surface area contributed by atoms with Crippen molar-refractivity contribution in [2.45, 2.75) is 44.9 Å². The number of rotatable bonds is 5. The molecule has 0 unspecified atom stereocenters. The zero-order chi connectivity index (χ0) is 18.6. The molecule has 1 N–H and O–H groups in total. The summed E-state index contributed by atoms with van der Waals surface area (Å²) in [5.41, 5.74) is 0. The highest BCUT2D eigenvalue weighted by Gasteiger charge is 2.29. The fourth-order valence-corrected chi connectivity index (χ4v) is 4.44. The zero-order valence-electron chi connectivity index (χ0n) is 15.9. The lowest BCUT2D eigenvalue weighted by molar-refractivity contribution is -0.0203. The summed E-state index contributed by atoms with van der Waals surface area (Å²) in [7, 11) is 0. The molecule has 0 spiro atoms. The molecule has 8 heteroatoms. The molecule has 0 saturated carbocycles. The largest absolute Gasteiger partial charge is 0.376 e. The minimum atomic E-state index is -0.0176. The molecule has 2 fully saturated rings. The van der Waals surface area contributed by atoms with Crippen LogP contribution in [0.15, 0.2) is 23.8 Å². The smallest absolute Gasteiger partial charge is 0.227 e. The van der Waals surface area contributed by atoms with E-state index in [1.54, 1.807) is 11.3 Å². The van der Waals surface area contributed by atoms with E-state index in [9.17, 15) is 0 Å². The van der Waals surface area contributed by atoms with Gasteiger partial charge in [-0.2, -0.15) is 4.98 Å². The standard InChI is InChI=1S/C19H27N5O2S/c1-13(2)17-14(4-3-9-26-17)22-16-5-6-21-19(23-16)24-8-10-25-15(12-24)18-20-7-11-27-18/h5-7,11,13-15,17H,3-4,8-10,12H2,1-2H3,(H,21,22,23)/t14-,15-,17-/m0/s1. The SMILES string of the molecule is CC(C)[C@@H]1OCCC[C@@H]1Nc1ccnc(N2CCO[C@H](c3nccs3)C2)n1. The van der Waals surface area contributed by atoms with E-state index in [2.05, 4.69) is 34.0 Å². The summed E-state index contributed by atoms with van der Waals surface area (Å²) in [6, 6.07) is 2.23. The van der Waals surface area contributed by atoms with Crippen LogP contribution in [0.1, 0.15) is 37.8 Å². The van der Waals surface area contributed by atoms with E-state index in [4.69, 9.17) is 14.5 Å². The molecule has 2 saturated heterocycles. The van der Waals surface area contributed by atoms with Crippen LogP contribution < -0.4 is 10.2 Å². The van der Waals surface area contributed by atoms with Crippen LogP contribution in [0.2, 0.25) is 0 Å². The molecule has 0 aromatic carbocycles. The van der Waals surface area contributed by atoms with Crippen LogP contribution in [0, 0.1) is 5.92 Å². The number of ether oxygens (including phenoxy) is 2. The minimum absolute atomic E-state index is 0.0176. The van der Waals surface area contributed by atoms with Crippen LogP contribution in [-0.2, 0) is 9.47 Å². The number of hydrogen-bond donors (Lipinski definition) is 1. The maximum Gasteiger partial charge on any atom is 0.227 e. The molecule has 2 aliphatic rings. The number of nitrogens with one attached hydrogen (secondary N) is 1.